The smallest absolute Gasteiger partial charge is 0.322 e. The summed E-state index contributed by atoms with van der Waals surface area (Å²) in [6, 6.07) is 19.5. The Hall–Kier alpha value is -3.78. The lowest BCUT2D eigenvalue weighted by Crippen LogP contribution is -2.57. The lowest BCUT2D eigenvalue weighted by Gasteiger charge is -2.40. The van der Waals surface area contributed by atoms with Crippen LogP contribution in [0.25, 0.3) is 0 Å². The zero-order valence-electron chi connectivity index (χ0n) is 18.8. The molecule has 2 aromatic carbocycles. The van der Waals surface area contributed by atoms with E-state index < -0.39 is 11.6 Å². The van der Waals surface area contributed by atoms with E-state index in [2.05, 4.69) is 25.5 Å². The number of ether oxygens (including phenoxy) is 1. The summed E-state index contributed by atoms with van der Waals surface area (Å²) in [4.78, 5) is 35.5. The summed E-state index contributed by atoms with van der Waals surface area (Å²) in [6.07, 6.45) is 5.47. The first-order valence-electron chi connectivity index (χ1n) is 11.5. The minimum absolute atomic E-state index is 0.0806. The van der Waals surface area contributed by atoms with E-state index in [9.17, 15) is 9.59 Å². The van der Waals surface area contributed by atoms with Gasteiger partial charge in [0.25, 0.3) is 5.91 Å². The van der Waals surface area contributed by atoms with Gasteiger partial charge in [-0.3, -0.25) is 15.0 Å². The van der Waals surface area contributed by atoms with Crippen LogP contribution in [0, 0.1) is 5.92 Å². The Labute approximate surface area is 198 Å². The topological polar surface area (TPSA) is 96.5 Å². The average Bonchev–Trinajstić information content (AvgIpc) is 3.15. The maximum absolute atomic E-state index is 12.9. The molecule has 1 unspecified atom stereocenters. The van der Waals surface area contributed by atoms with Crippen molar-refractivity contribution in [3.8, 4) is 11.8 Å². The Morgan fingerprint density at radius 3 is 2.26 bits per heavy atom. The van der Waals surface area contributed by atoms with Crippen molar-refractivity contribution in [2.75, 3.05) is 13.1 Å². The summed E-state index contributed by atoms with van der Waals surface area (Å²) in [6.45, 7) is 2.54. The predicted molar refractivity (Wildman–Crippen MR) is 126 cm³/mol. The number of likely N-dealkylation sites (tertiary alicyclic amines) is 1. The van der Waals surface area contributed by atoms with Crippen LogP contribution in [0.1, 0.15) is 24.0 Å². The van der Waals surface area contributed by atoms with E-state index in [0.29, 0.717) is 18.2 Å². The molecule has 0 aliphatic carbocycles. The van der Waals surface area contributed by atoms with Gasteiger partial charge in [0.05, 0.1) is 0 Å². The van der Waals surface area contributed by atoms with Gasteiger partial charge in [-0.05, 0) is 61.2 Å². The first-order chi connectivity index (χ1) is 16.6. The van der Waals surface area contributed by atoms with Crippen LogP contribution >= 0.6 is 0 Å². The second kappa shape index (κ2) is 9.61. The first kappa shape index (κ1) is 22.0. The third-order valence-corrected chi connectivity index (χ3v) is 6.66. The molecule has 174 valence electrons. The highest BCUT2D eigenvalue weighted by molar-refractivity contribution is 6.07. The maximum Gasteiger partial charge on any atom is 0.322 e. The van der Waals surface area contributed by atoms with Crippen molar-refractivity contribution in [1.29, 1.82) is 0 Å². The average molecular weight is 458 g/mol. The van der Waals surface area contributed by atoms with Crippen LogP contribution in [0.5, 0.6) is 11.8 Å². The largest absolute Gasteiger partial charge is 0.424 e. The van der Waals surface area contributed by atoms with Gasteiger partial charge >= 0.3 is 12.0 Å². The van der Waals surface area contributed by atoms with Crippen LogP contribution in [0.2, 0.25) is 0 Å². The van der Waals surface area contributed by atoms with Crippen molar-refractivity contribution in [2.45, 2.75) is 31.3 Å². The number of aromatic nitrogens is 2. The molecule has 0 spiro atoms. The second-order valence-corrected chi connectivity index (χ2v) is 8.87. The third kappa shape index (κ3) is 4.77. The third-order valence-electron chi connectivity index (χ3n) is 6.66. The van der Waals surface area contributed by atoms with Gasteiger partial charge in [0.2, 0.25) is 0 Å². The fourth-order valence-electron chi connectivity index (χ4n) is 4.93. The van der Waals surface area contributed by atoms with Gasteiger partial charge in [0, 0.05) is 25.4 Å². The minimum atomic E-state index is -0.886. The number of rotatable bonds is 7. The number of imide groups is 1. The van der Waals surface area contributed by atoms with Gasteiger partial charge in [-0.25, -0.2) is 14.8 Å². The van der Waals surface area contributed by atoms with Gasteiger partial charge in [-0.1, -0.05) is 42.5 Å². The molecule has 5 rings (SSSR count). The fraction of sp³-hybridized carbons (Fsp3) is 0.308. The molecule has 3 aromatic rings. The molecule has 3 heterocycles. The summed E-state index contributed by atoms with van der Waals surface area (Å²) in [7, 11) is 0. The molecule has 1 atom stereocenters. The zero-order chi connectivity index (χ0) is 23.4. The minimum Gasteiger partial charge on any atom is -0.424 e. The van der Waals surface area contributed by atoms with Crippen molar-refractivity contribution in [2.24, 2.45) is 5.92 Å². The Balaban J connectivity index is 1.20. The van der Waals surface area contributed by atoms with E-state index in [4.69, 9.17) is 4.74 Å². The molecular weight excluding hydrogens is 430 g/mol. The molecule has 0 radical (unpaired) electrons. The number of hydrogen-bond acceptors (Lipinski definition) is 6. The number of nitrogens with one attached hydrogen (secondary N) is 2. The molecule has 2 aliphatic rings. The molecular formula is C26H27N5O3. The van der Waals surface area contributed by atoms with Crippen molar-refractivity contribution < 1.29 is 14.3 Å². The number of urea groups is 1. The summed E-state index contributed by atoms with van der Waals surface area (Å²) in [5, 5.41) is 5.46. The maximum atomic E-state index is 12.9. The summed E-state index contributed by atoms with van der Waals surface area (Å²) < 4.78 is 5.66. The van der Waals surface area contributed by atoms with Crippen molar-refractivity contribution in [1.82, 2.24) is 25.5 Å². The highest BCUT2D eigenvalue weighted by Gasteiger charge is 2.52. The summed E-state index contributed by atoms with van der Waals surface area (Å²) >= 11 is 0. The number of piperidine rings is 1. The molecule has 0 saturated carbocycles. The number of benzene rings is 2. The molecule has 3 amide bonds. The van der Waals surface area contributed by atoms with E-state index in [1.807, 2.05) is 54.6 Å². The Morgan fingerprint density at radius 1 is 0.912 bits per heavy atom. The van der Waals surface area contributed by atoms with Gasteiger partial charge in [0.1, 0.15) is 11.3 Å². The lowest BCUT2D eigenvalue weighted by atomic mass is 9.74. The second-order valence-electron chi connectivity index (χ2n) is 8.87. The van der Waals surface area contributed by atoms with Crippen molar-refractivity contribution in [3.05, 3.63) is 84.2 Å². The van der Waals surface area contributed by atoms with Crippen LogP contribution in [-0.4, -0.2) is 45.4 Å². The van der Waals surface area contributed by atoms with Crippen LogP contribution in [0.3, 0.4) is 0 Å². The number of amides is 3. The van der Waals surface area contributed by atoms with Crippen LogP contribution in [-0.2, 0) is 17.8 Å². The molecule has 8 heteroatoms. The normalized spacial score (nSPS) is 21.2. The van der Waals surface area contributed by atoms with Crippen LogP contribution < -0.4 is 15.4 Å². The molecule has 0 bridgehead atoms. The Kier molecular flexibility index (Phi) is 6.22. The Morgan fingerprint density at radius 2 is 1.62 bits per heavy atom. The van der Waals surface area contributed by atoms with E-state index in [1.54, 1.807) is 18.5 Å². The number of hydrogen-bond donors (Lipinski definition) is 2. The quantitative estimate of drug-likeness (QED) is 0.529. The molecule has 2 N–H and O–H groups in total. The molecule has 2 aliphatic heterocycles. The molecule has 1 aromatic heterocycles. The standard InChI is InChI=1S/C26H27N5O3/c32-23-26(30-24(33)29-23,17-19-5-2-1-3-6-19)21-11-15-31(16-12-21)18-20-7-9-22(10-8-20)34-25-27-13-4-14-28-25/h1-10,13-14,21H,11-12,15-18H2,(H2,29,30,32,33). The fourth-order valence-corrected chi connectivity index (χ4v) is 4.93. The van der Waals surface area contributed by atoms with E-state index in [0.717, 1.165) is 38.0 Å². The Bertz CT molecular complexity index is 1130. The van der Waals surface area contributed by atoms with Crippen molar-refractivity contribution >= 4 is 11.9 Å². The van der Waals surface area contributed by atoms with Gasteiger partial charge in [-0.2, -0.15) is 0 Å². The van der Waals surface area contributed by atoms with Crippen LogP contribution in [0.15, 0.2) is 73.1 Å². The number of carbonyl (C=O) groups excluding carboxylic acids is 2. The number of nitrogens with zero attached hydrogens (tertiary/aromatic N) is 3. The summed E-state index contributed by atoms with van der Waals surface area (Å²) in [5.41, 5.74) is 1.35. The predicted octanol–water partition coefficient (Wildman–Crippen LogP) is 3.30. The monoisotopic (exact) mass is 457 g/mol. The first-order valence-corrected chi connectivity index (χ1v) is 11.5. The lowest BCUT2D eigenvalue weighted by molar-refractivity contribution is -0.126. The highest BCUT2D eigenvalue weighted by Crippen LogP contribution is 2.34. The SMILES string of the molecule is O=C1NC(=O)C(Cc2ccccc2)(C2CCN(Cc3ccc(Oc4ncccn4)cc3)CC2)N1. The molecule has 2 saturated heterocycles. The van der Waals surface area contributed by atoms with Crippen LogP contribution in [0.4, 0.5) is 4.79 Å². The zero-order valence-corrected chi connectivity index (χ0v) is 18.8. The van der Waals surface area contributed by atoms with E-state index >= 15 is 0 Å². The molecule has 34 heavy (non-hydrogen) atoms. The van der Waals surface area contributed by atoms with E-state index in [-0.39, 0.29) is 11.8 Å². The van der Waals surface area contributed by atoms with Gasteiger partial charge in [0.15, 0.2) is 0 Å². The van der Waals surface area contributed by atoms with Gasteiger partial charge < -0.3 is 10.1 Å². The van der Waals surface area contributed by atoms with Crippen molar-refractivity contribution in [3.63, 3.8) is 0 Å². The molecule has 8 nitrogen and oxygen atoms in total. The molecule has 2 fully saturated rings. The van der Waals surface area contributed by atoms with Gasteiger partial charge in [-0.15, -0.1) is 0 Å². The number of carbonyl (C=O) groups is 2. The highest BCUT2D eigenvalue weighted by atomic mass is 16.5. The summed E-state index contributed by atoms with van der Waals surface area (Å²) in [5.74, 6) is 0.564. The van der Waals surface area contributed by atoms with E-state index in [1.165, 1.54) is 5.56 Å².